The average molecular weight is 421 g/mol. The van der Waals surface area contributed by atoms with Crippen molar-refractivity contribution in [3.8, 4) is 0 Å². The van der Waals surface area contributed by atoms with Crippen LogP contribution in [0.15, 0.2) is 16.4 Å². The van der Waals surface area contributed by atoms with E-state index in [9.17, 15) is 28.8 Å². The summed E-state index contributed by atoms with van der Waals surface area (Å²) in [5, 5.41) is 3.36. The highest BCUT2D eigenvalue weighted by molar-refractivity contribution is 6.11. The number of ketones is 1. The van der Waals surface area contributed by atoms with Crippen molar-refractivity contribution in [3.63, 3.8) is 0 Å². The molecule has 3 atom stereocenters. The number of hydrogen-bond acceptors (Lipinski definition) is 8. The summed E-state index contributed by atoms with van der Waals surface area (Å²) in [6.45, 7) is 5.79. The van der Waals surface area contributed by atoms with E-state index in [1.54, 1.807) is 0 Å². The molecular formula is C19H23N3O8. The number of amides is 3. The number of carbonyl (C=O) groups is 6. The van der Waals surface area contributed by atoms with Crippen molar-refractivity contribution in [2.45, 2.75) is 53.5 Å². The molecule has 0 aromatic rings. The Hall–Kier alpha value is -3.37. The van der Waals surface area contributed by atoms with Gasteiger partial charge in [0.1, 0.15) is 5.78 Å². The Morgan fingerprint density at radius 1 is 0.967 bits per heavy atom. The number of fused-ring (bicyclic) bond motifs is 2. The smallest absolute Gasteiger partial charge is 0.329 e. The number of esters is 1. The van der Waals surface area contributed by atoms with Gasteiger partial charge in [-0.3, -0.25) is 28.8 Å². The summed E-state index contributed by atoms with van der Waals surface area (Å²) < 4.78 is 5.28. The van der Waals surface area contributed by atoms with Gasteiger partial charge < -0.3 is 14.9 Å². The first-order valence-electron chi connectivity index (χ1n) is 9.22. The fourth-order valence-electron chi connectivity index (χ4n) is 3.80. The van der Waals surface area contributed by atoms with Gasteiger partial charge in [-0.2, -0.15) is 5.06 Å². The lowest BCUT2D eigenvalue weighted by atomic mass is 9.67. The lowest BCUT2D eigenvalue weighted by Gasteiger charge is -2.46. The van der Waals surface area contributed by atoms with Crippen LogP contribution < -0.4 is 5.32 Å². The summed E-state index contributed by atoms with van der Waals surface area (Å²) >= 11 is 0. The van der Waals surface area contributed by atoms with Crippen molar-refractivity contribution in [1.29, 1.82) is 0 Å². The van der Waals surface area contributed by atoms with Crippen LogP contribution in [0.5, 0.6) is 0 Å². The molecule has 0 radical (unpaired) electrons. The molecule has 1 fully saturated rings. The van der Waals surface area contributed by atoms with Crippen LogP contribution in [0.25, 0.3) is 0 Å². The van der Waals surface area contributed by atoms with Gasteiger partial charge in [-0.1, -0.05) is 0 Å². The molecule has 0 saturated heterocycles. The topological polar surface area (TPSA) is 149 Å². The number of hydroxylamine groups is 2. The first-order valence-corrected chi connectivity index (χ1v) is 9.22. The molecular weight excluding hydrogens is 398 g/mol. The Kier molecular flexibility index (Phi) is 6.85. The zero-order valence-corrected chi connectivity index (χ0v) is 17.3. The summed E-state index contributed by atoms with van der Waals surface area (Å²) in [6, 6.07) is -0.941. The second-order valence-corrected chi connectivity index (χ2v) is 7.11. The number of nitrogens with one attached hydrogen (secondary N) is 1. The second-order valence-electron chi connectivity index (χ2n) is 7.11. The minimum absolute atomic E-state index is 0.0189. The minimum Gasteiger partial charge on any atom is -0.423 e. The third-order valence-corrected chi connectivity index (χ3v) is 4.56. The number of allylic oxidation sites excluding steroid dienone is 1. The lowest BCUT2D eigenvalue weighted by molar-refractivity contribution is -0.212. The van der Waals surface area contributed by atoms with E-state index >= 15 is 0 Å². The maximum atomic E-state index is 12.4. The molecule has 11 nitrogen and oxygen atoms in total. The zero-order chi connectivity index (χ0) is 22.7. The molecule has 2 aliphatic rings. The van der Waals surface area contributed by atoms with Gasteiger partial charge in [-0.15, -0.1) is 0 Å². The van der Waals surface area contributed by atoms with Crippen LogP contribution in [-0.2, 0) is 38.3 Å². The quantitative estimate of drug-likeness (QED) is 0.501. The Bertz CT molecular complexity index is 888. The fraction of sp³-hybridized carbons (Fsp3) is 0.526. The molecule has 0 aliphatic heterocycles. The van der Waals surface area contributed by atoms with Crippen molar-refractivity contribution < 1.29 is 38.3 Å². The molecule has 2 bridgehead atoms. The summed E-state index contributed by atoms with van der Waals surface area (Å²) in [7, 11) is 0. The van der Waals surface area contributed by atoms with Crippen LogP contribution in [0.3, 0.4) is 0 Å². The predicted octanol–water partition coefficient (Wildman–Crippen LogP) is 0.189. The molecule has 1 saturated carbocycles. The van der Waals surface area contributed by atoms with E-state index in [0.717, 1.165) is 25.8 Å². The van der Waals surface area contributed by atoms with Gasteiger partial charge in [0.15, 0.2) is 5.76 Å². The van der Waals surface area contributed by atoms with E-state index < -0.39 is 47.5 Å². The maximum Gasteiger partial charge on any atom is 0.329 e. The summed E-state index contributed by atoms with van der Waals surface area (Å²) in [6.07, 6.45) is -0.240. The van der Waals surface area contributed by atoms with Crippen LogP contribution in [-0.4, -0.2) is 52.3 Å². The van der Waals surface area contributed by atoms with E-state index in [2.05, 4.69) is 10.3 Å². The van der Waals surface area contributed by atoms with Gasteiger partial charge >= 0.3 is 11.9 Å². The van der Waals surface area contributed by atoms with Crippen LogP contribution in [0.2, 0.25) is 0 Å². The largest absolute Gasteiger partial charge is 0.423 e. The van der Waals surface area contributed by atoms with Crippen molar-refractivity contribution in [1.82, 2.24) is 10.4 Å². The first kappa shape index (κ1) is 22.9. The number of rotatable bonds is 3. The van der Waals surface area contributed by atoms with E-state index in [0.29, 0.717) is 0 Å². The third-order valence-electron chi connectivity index (χ3n) is 4.56. The molecule has 1 N–H and O–H groups in total. The zero-order valence-electron chi connectivity index (χ0n) is 17.3. The molecule has 162 valence electrons. The van der Waals surface area contributed by atoms with Crippen molar-refractivity contribution >= 4 is 41.2 Å². The first-order chi connectivity index (χ1) is 13.9. The van der Waals surface area contributed by atoms with E-state index in [1.165, 1.54) is 13.8 Å². The monoisotopic (exact) mass is 421 g/mol. The van der Waals surface area contributed by atoms with Crippen LogP contribution in [0.4, 0.5) is 0 Å². The summed E-state index contributed by atoms with van der Waals surface area (Å²) in [4.78, 5) is 80.7. The highest BCUT2D eigenvalue weighted by Gasteiger charge is 2.53. The van der Waals surface area contributed by atoms with E-state index in [1.807, 2.05) is 0 Å². The SMILES string of the molecule is CC(=O)N=C1C(OC(C)=O)=C(NC(C)=O)C2CC(=O)CC1C2N(OC(C)=O)C(C)=O. The molecule has 11 heteroatoms. The van der Waals surface area contributed by atoms with Gasteiger partial charge in [-0.05, 0) is 0 Å². The van der Waals surface area contributed by atoms with Crippen molar-refractivity contribution in [3.05, 3.63) is 11.5 Å². The number of Topliss-reactive ketones (excluding diaryl/α,β-unsaturated/α-hetero) is 1. The standard InChI is InChI=1S/C19H23N3O8/c1-8(23)20-16-14-6-13(28)7-15(18(14)22(10(3)25)30-12(5)27)17(21-9(2)24)19(16)29-11(4)26/h14-15,18H,6-7H2,1-5H3,(H,20,23). The molecule has 2 aliphatic carbocycles. The molecule has 0 aromatic carbocycles. The Morgan fingerprint density at radius 2 is 1.57 bits per heavy atom. The van der Waals surface area contributed by atoms with Crippen LogP contribution in [0, 0.1) is 11.8 Å². The number of ether oxygens (including phenoxy) is 1. The van der Waals surface area contributed by atoms with Crippen molar-refractivity contribution in [2.24, 2.45) is 16.8 Å². The lowest BCUT2D eigenvalue weighted by Crippen LogP contribution is -2.59. The normalized spacial score (nSPS) is 24.2. The number of hydrogen-bond donors (Lipinski definition) is 1. The highest BCUT2D eigenvalue weighted by atomic mass is 16.7. The molecule has 2 rings (SSSR count). The third kappa shape index (κ3) is 4.97. The van der Waals surface area contributed by atoms with Gasteiger partial charge in [0.05, 0.1) is 17.5 Å². The van der Waals surface area contributed by atoms with Gasteiger partial charge in [0.25, 0.3) is 5.91 Å². The summed E-state index contributed by atoms with van der Waals surface area (Å²) in [5.74, 6) is -5.40. The minimum atomic E-state index is -0.941. The maximum absolute atomic E-state index is 12.4. The highest BCUT2D eigenvalue weighted by Crippen LogP contribution is 2.43. The van der Waals surface area contributed by atoms with E-state index in [4.69, 9.17) is 9.57 Å². The van der Waals surface area contributed by atoms with Gasteiger partial charge in [-0.25, -0.2) is 4.99 Å². The number of aliphatic imine (C=N–C) groups is 1. The van der Waals surface area contributed by atoms with E-state index in [-0.39, 0.29) is 35.8 Å². The number of nitrogens with zero attached hydrogens (tertiary/aromatic N) is 2. The molecule has 0 spiro atoms. The van der Waals surface area contributed by atoms with Gasteiger partial charge in [0.2, 0.25) is 11.8 Å². The predicted molar refractivity (Wildman–Crippen MR) is 100 cm³/mol. The average Bonchev–Trinajstić information content (AvgIpc) is 2.58. The molecule has 0 aromatic heterocycles. The second kappa shape index (κ2) is 8.97. The molecule has 30 heavy (non-hydrogen) atoms. The van der Waals surface area contributed by atoms with Gasteiger partial charge in [0, 0.05) is 59.3 Å². The number of carbonyl (C=O) groups excluding carboxylic acids is 6. The fourth-order valence-corrected chi connectivity index (χ4v) is 3.80. The Labute approximate surface area is 172 Å². The molecule has 3 amide bonds. The van der Waals surface area contributed by atoms with Crippen molar-refractivity contribution in [2.75, 3.05) is 0 Å². The van der Waals surface area contributed by atoms with Crippen LogP contribution >= 0.6 is 0 Å². The Balaban J connectivity index is 2.80. The molecule has 0 heterocycles. The summed E-state index contributed by atoms with van der Waals surface area (Å²) in [5.41, 5.74) is -0.0560. The van der Waals surface area contributed by atoms with Crippen LogP contribution in [0.1, 0.15) is 47.5 Å². The molecule has 3 unspecified atom stereocenters. The Morgan fingerprint density at radius 3 is 2.03 bits per heavy atom.